The summed E-state index contributed by atoms with van der Waals surface area (Å²) in [7, 11) is 0. The quantitative estimate of drug-likeness (QED) is 0.724. The molecule has 0 radical (unpaired) electrons. The molecular formula is C16H15Br2NO. The van der Waals surface area contributed by atoms with Crippen molar-refractivity contribution >= 4 is 43.5 Å². The lowest BCUT2D eigenvalue weighted by Crippen LogP contribution is -2.13. The molecule has 0 aliphatic rings. The molecule has 0 aromatic heterocycles. The summed E-state index contributed by atoms with van der Waals surface area (Å²) in [5.74, 6) is -0.110. The van der Waals surface area contributed by atoms with Gasteiger partial charge < -0.3 is 5.32 Å². The number of halogens is 2. The second kappa shape index (κ2) is 6.10. The van der Waals surface area contributed by atoms with Crippen LogP contribution in [0.2, 0.25) is 0 Å². The van der Waals surface area contributed by atoms with E-state index in [1.165, 1.54) is 0 Å². The van der Waals surface area contributed by atoms with Crippen LogP contribution in [0.15, 0.2) is 39.3 Å². The van der Waals surface area contributed by atoms with E-state index in [9.17, 15) is 4.79 Å². The predicted molar refractivity (Wildman–Crippen MR) is 90.4 cm³/mol. The number of anilines is 1. The molecule has 2 aromatic rings. The maximum atomic E-state index is 12.3. The first-order chi connectivity index (χ1) is 9.40. The fourth-order valence-corrected chi connectivity index (χ4v) is 2.71. The van der Waals surface area contributed by atoms with Gasteiger partial charge >= 0.3 is 0 Å². The summed E-state index contributed by atoms with van der Waals surface area (Å²) in [5, 5.41) is 2.95. The SMILES string of the molecule is Cc1cc(NC(=O)c2cccc(C)c2Br)cc(C)c1Br. The Morgan fingerprint density at radius 3 is 2.15 bits per heavy atom. The minimum atomic E-state index is -0.110. The molecule has 104 valence electrons. The molecule has 2 nitrogen and oxygen atoms in total. The van der Waals surface area contributed by atoms with E-state index in [0.717, 1.165) is 31.3 Å². The lowest BCUT2D eigenvalue weighted by atomic mass is 10.1. The Bertz CT molecular complexity index is 657. The van der Waals surface area contributed by atoms with Gasteiger partial charge in [0.2, 0.25) is 0 Å². The van der Waals surface area contributed by atoms with E-state index in [4.69, 9.17) is 0 Å². The van der Waals surface area contributed by atoms with Crippen molar-refractivity contribution in [1.82, 2.24) is 0 Å². The predicted octanol–water partition coefficient (Wildman–Crippen LogP) is 5.39. The van der Waals surface area contributed by atoms with Crippen LogP contribution in [0.25, 0.3) is 0 Å². The number of carbonyl (C=O) groups excluding carboxylic acids is 1. The highest BCUT2D eigenvalue weighted by atomic mass is 79.9. The van der Waals surface area contributed by atoms with Gasteiger partial charge in [-0.05, 0) is 71.6 Å². The standard InChI is InChI=1S/C16H15Br2NO/c1-9-5-4-6-13(15(9)18)16(20)19-12-7-10(2)14(17)11(3)8-12/h4-8H,1-3H3,(H,19,20). The van der Waals surface area contributed by atoms with Crippen molar-refractivity contribution in [3.8, 4) is 0 Å². The van der Waals surface area contributed by atoms with Crippen LogP contribution in [0.5, 0.6) is 0 Å². The van der Waals surface area contributed by atoms with E-state index in [-0.39, 0.29) is 5.91 Å². The van der Waals surface area contributed by atoms with Gasteiger partial charge in [-0.25, -0.2) is 0 Å². The van der Waals surface area contributed by atoms with Gasteiger partial charge in [-0.15, -0.1) is 0 Å². The Kier molecular flexibility index (Phi) is 4.66. The van der Waals surface area contributed by atoms with Gasteiger partial charge in [0.05, 0.1) is 5.56 Å². The second-order valence-corrected chi connectivity index (χ2v) is 6.40. The Labute approximate surface area is 135 Å². The molecule has 0 bridgehead atoms. The molecule has 0 unspecified atom stereocenters. The molecule has 0 fully saturated rings. The number of benzene rings is 2. The van der Waals surface area contributed by atoms with Gasteiger partial charge in [0, 0.05) is 14.6 Å². The van der Waals surface area contributed by atoms with E-state index in [2.05, 4.69) is 37.2 Å². The van der Waals surface area contributed by atoms with Crippen LogP contribution in [-0.4, -0.2) is 5.91 Å². The number of nitrogens with one attached hydrogen (secondary N) is 1. The first-order valence-electron chi connectivity index (χ1n) is 6.23. The molecule has 0 heterocycles. The number of hydrogen-bond acceptors (Lipinski definition) is 1. The van der Waals surface area contributed by atoms with E-state index < -0.39 is 0 Å². The molecule has 0 aliphatic heterocycles. The third-order valence-electron chi connectivity index (χ3n) is 3.13. The van der Waals surface area contributed by atoms with Crippen molar-refractivity contribution in [3.63, 3.8) is 0 Å². The summed E-state index contributed by atoms with van der Waals surface area (Å²) >= 11 is 6.99. The fourth-order valence-electron chi connectivity index (χ4n) is 2.04. The van der Waals surface area contributed by atoms with Crippen molar-refractivity contribution < 1.29 is 4.79 Å². The van der Waals surface area contributed by atoms with Gasteiger partial charge in [0.15, 0.2) is 0 Å². The number of rotatable bonds is 2. The zero-order valence-electron chi connectivity index (χ0n) is 11.6. The van der Waals surface area contributed by atoms with Crippen LogP contribution in [0.3, 0.4) is 0 Å². The zero-order valence-corrected chi connectivity index (χ0v) is 14.7. The highest BCUT2D eigenvalue weighted by Gasteiger charge is 2.12. The fraction of sp³-hybridized carbons (Fsp3) is 0.188. The Hall–Kier alpha value is -1.13. The Morgan fingerprint density at radius 2 is 1.55 bits per heavy atom. The normalized spacial score (nSPS) is 10.4. The summed E-state index contributed by atoms with van der Waals surface area (Å²) in [5.41, 5.74) is 4.69. The van der Waals surface area contributed by atoms with E-state index in [0.29, 0.717) is 5.56 Å². The minimum absolute atomic E-state index is 0.110. The molecule has 2 aromatic carbocycles. The second-order valence-electron chi connectivity index (χ2n) is 4.81. The van der Waals surface area contributed by atoms with Crippen LogP contribution in [0, 0.1) is 20.8 Å². The van der Waals surface area contributed by atoms with Crippen LogP contribution in [0.1, 0.15) is 27.0 Å². The van der Waals surface area contributed by atoms with Crippen molar-refractivity contribution in [3.05, 3.63) is 61.5 Å². The average molecular weight is 397 g/mol. The molecule has 4 heteroatoms. The molecule has 2 rings (SSSR count). The largest absolute Gasteiger partial charge is 0.322 e. The van der Waals surface area contributed by atoms with Crippen LogP contribution in [0.4, 0.5) is 5.69 Å². The van der Waals surface area contributed by atoms with Gasteiger partial charge in [0.25, 0.3) is 5.91 Å². The Morgan fingerprint density at radius 1 is 0.950 bits per heavy atom. The highest BCUT2D eigenvalue weighted by molar-refractivity contribution is 9.11. The summed E-state index contributed by atoms with van der Waals surface area (Å²) < 4.78 is 1.91. The summed E-state index contributed by atoms with van der Waals surface area (Å²) in [4.78, 5) is 12.3. The molecule has 20 heavy (non-hydrogen) atoms. The topological polar surface area (TPSA) is 29.1 Å². The van der Waals surface area contributed by atoms with Gasteiger partial charge in [-0.2, -0.15) is 0 Å². The summed E-state index contributed by atoms with van der Waals surface area (Å²) in [6.45, 7) is 5.99. The maximum absolute atomic E-state index is 12.3. The number of carbonyl (C=O) groups is 1. The molecular weight excluding hydrogens is 382 g/mol. The smallest absolute Gasteiger partial charge is 0.256 e. The lowest BCUT2D eigenvalue weighted by Gasteiger charge is -2.11. The maximum Gasteiger partial charge on any atom is 0.256 e. The number of hydrogen-bond donors (Lipinski definition) is 1. The number of aryl methyl sites for hydroxylation is 3. The third-order valence-corrected chi connectivity index (χ3v) is 5.43. The molecule has 0 saturated carbocycles. The average Bonchev–Trinajstić information content (AvgIpc) is 2.39. The minimum Gasteiger partial charge on any atom is -0.322 e. The monoisotopic (exact) mass is 395 g/mol. The van der Waals surface area contributed by atoms with Crippen molar-refractivity contribution in [2.45, 2.75) is 20.8 Å². The van der Waals surface area contributed by atoms with Crippen LogP contribution >= 0.6 is 31.9 Å². The highest BCUT2D eigenvalue weighted by Crippen LogP contribution is 2.26. The zero-order chi connectivity index (χ0) is 14.9. The molecule has 1 amide bonds. The Balaban J connectivity index is 2.30. The van der Waals surface area contributed by atoms with Gasteiger partial charge in [-0.3, -0.25) is 4.79 Å². The third kappa shape index (κ3) is 3.13. The van der Waals surface area contributed by atoms with E-state index in [1.807, 2.05) is 51.1 Å². The van der Waals surface area contributed by atoms with Gasteiger partial charge in [0.1, 0.15) is 0 Å². The van der Waals surface area contributed by atoms with Gasteiger partial charge in [-0.1, -0.05) is 28.1 Å². The van der Waals surface area contributed by atoms with Crippen molar-refractivity contribution in [2.75, 3.05) is 5.32 Å². The van der Waals surface area contributed by atoms with E-state index >= 15 is 0 Å². The molecule has 1 N–H and O–H groups in total. The van der Waals surface area contributed by atoms with Crippen LogP contribution in [-0.2, 0) is 0 Å². The van der Waals surface area contributed by atoms with E-state index in [1.54, 1.807) is 0 Å². The lowest BCUT2D eigenvalue weighted by molar-refractivity contribution is 0.102. The number of amides is 1. The molecule has 0 atom stereocenters. The van der Waals surface area contributed by atoms with Crippen molar-refractivity contribution in [1.29, 1.82) is 0 Å². The molecule has 0 saturated heterocycles. The first kappa shape index (κ1) is 15.3. The van der Waals surface area contributed by atoms with Crippen molar-refractivity contribution in [2.24, 2.45) is 0 Å². The summed E-state index contributed by atoms with van der Waals surface area (Å²) in [6, 6.07) is 9.57. The first-order valence-corrected chi connectivity index (χ1v) is 7.82. The molecule has 0 spiro atoms. The molecule has 0 aliphatic carbocycles. The van der Waals surface area contributed by atoms with Crippen LogP contribution < -0.4 is 5.32 Å². The summed E-state index contributed by atoms with van der Waals surface area (Å²) in [6.07, 6.45) is 0.